The van der Waals surface area contributed by atoms with Crippen molar-refractivity contribution in [2.45, 2.75) is 89.4 Å². The van der Waals surface area contributed by atoms with Gasteiger partial charge in [0.1, 0.15) is 17.3 Å². The molecule has 2 fully saturated rings. The number of phenols is 1. The molecule has 3 rings (SSSR count). The summed E-state index contributed by atoms with van der Waals surface area (Å²) in [5, 5.41) is 31.8. The fourth-order valence-electron chi connectivity index (χ4n) is 5.75. The highest BCUT2D eigenvalue weighted by Gasteiger charge is 2.39. The summed E-state index contributed by atoms with van der Waals surface area (Å²) in [4.78, 5) is 6.62. The van der Waals surface area contributed by atoms with Crippen molar-refractivity contribution in [1.29, 1.82) is 10.8 Å². The van der Waals surface area contributed by atoms with Gasteiger partial charge in [-0.1, -0.05) is 12.8 Å². The Morgan fingerprint density at radius 1 is 1.14 bits per heavy atom. The lowest BCUT2D eigenvalue weighted by Crippen LogP contribution is -2.62. The number of nitrogens with two attached hydrogens (primary N) is 1. The summed E-state index contributed by atoms with van der Waals surface area (Å²) in [7, 11) is 3.44. The van der Waals surface area contributed by atoms with Crippen LogP contribution >= 0.6 is 0 Å². The number of piperidine rings is 1. The molecule has 2 aliphatic rings. The molecule has 0 aromatic heterocycles. The molecule has 0 radical (unpaired) electrons. The Balaban J connectivity index is 1.76. The van der Waals surface area contributed by atoms with Crippen LogP contribution in [-0.4, -0.2) is 65.1 Å². The molecule has 8 nitrogen and oxygen atoms in total. The van der Waals surface area contributed by atoms with Crippen LogP contribution in [0.1, 0.15) is 77.3 Å². The topological polar surface area (TPSA) is 131 Å². The van der Waals surface area contributed by atoms with E-state index in [4.69, 9.17) is 21.3 Å². The first kappa shape index (κ1) is 28.4. The molecule has 0 unspecified atom stereocenters. The minimum absolute atomic E-state index is 0.0308. The Labute approximate surface area is 221 Å². The molecule has 1 saturated carbocycles. The predicted molar refractivity (Wildman–Crippen MR) is 153 cm³/mol. The SMILES string of the molecule is COc1cc(C(C=NC2CCCC2)=CN)cc(O)c1C(=N)/C=C\C(=N)N(C)C1CC(C)(C)NC(C)(C)C1. The fraction of sp³-hybridized carbons (Fsp3) is 0.552. The van der Waals surface area contributed by atoms with Gasteiger partial charge in [0, 0.05) is 48.2 Å². The van der Waals surface area contributed by atoms with Gasteiger partial charge < -0.3 is 25.8 Å². The number of aliphatic imine (C=N–C) groups is 1. The molecular weight excluding hydrogens is 464 g/mol. The van der Waals surface area contributed by atoms with E-state index in [1.54, 1.807) is 24.4 Å². The minimum Gasteiger partial charge on any atom is -0.507 e. The maximum Gasteiger partial charge on any atom is 0.132 e. The summed E-state index contributed by atoms with van der Waals surface area (Å²) in [5.41, 5.74) is 7.49. The number of nitrogens with one attached hydrogen (secondary N) is 3. The molecule has 6 N–H and O–H groups in total. The lowest BCUT2D eigenvalue weighted by atomic mass is 9.79. The van der Waals surface area contributed by atoms with Gasteiger partial charge in [-0.3, -0.25) is 15.8 Å². The van der Waals surface area contributed by atoms with Crippen LogP contribution in [0, 0.1) is 10.8 Å². The monoisotopic (exact) mass is 508 g/mol. The number of allylic oxidation sites excluding steroid dienone is 2. The molecule has 0 atom stereocenters. The normalized spacial score (nSPS) is 20.5. The highest BCUT2D eigenvalue weighted by molar-refractivity contribution is 6.14. The Morgan fingerprint density at radius 2 is 1.76 bits per heavy atom. The average Bonchev–Trinajstić information content (AvgIpc) is 3.33. The van der Waals surface area contributed by atoms with Gasteiger partial charge >= 0.3 is 0 Å². The van der Waals surface area contributed by atoms with Gasteiger partial charge in [-0.2, -0.15) is 0 Å². The summed E-state index contributed by atoms with van der Waals surface area (Å²) < 4.78 is 5.54. The van der Waals surface area contributed by atoms with Crippen LogP contribution < -0.4 is 15.8 Å². The van der Waals surface area contributed by atoms with Crippen molar-refractivity contribution in [3.63, 3.8) is 0 Å². The molecule has 37 heavy (non-hydrogen) atoms. The number of nitrogens with zero attached hydrogens (tertiary/aromatic N) is 2. The van der Waals surface area contributed by atoms with Gasteiger partial charge in [-0.05, 0) is 83.2 Å². The number of ether oxygens (including phenoxy) is 1. The van der Waals surface area contributed by atoms with E-state index in [1.807, 2.05) is 11.9 Å². The molecule has 1 aromatic carbocycles. The average molecular weight is 509 g/mol. The van der Waals surface area contributed by atoms with Crippen molar-refractivity contribution in [3.8, 4) is 11.5 Å². The summed E-state index contributed by atoms with van der Waals surface area (Å²) >= 11 is 0. The van der Waals surface area contributed by atoms with Crippen LogP contribution in [0.25, 0.3) is 5.57 Å². The summed E-state index contributed by atoms with van der Waals surface area (Å²) in [6, 6.07) is 3.86. The van der Waals surface area contributed by atoms with Crippen molar-refractivity contribution in [2.75, 3.05) is 14.2 Å². The van der Waals surface area contributed by atoms with Gasteiger partial charge in [0.05, 0.1) is 18.4 Å². The number of rotatable bonds is 8. The quantitative estimate of drug-likeness (QED) is 0.253. The molecule has 202 valence electrons. The highest BCUT2D eigenvalue weighted by atomic mass is 16.5. The number of methoxy groups -OCH3 is 1. The molecule has 0 bridgehead atoms. The second kappa shape index (κ2) is 11.5. The zero-order chi connectivity index (χ0) is 27.4. The number of aromatic hydroxyl groups is 1. The Bertz CT molecular complexity index is 1080. The van der Waals surface area contributed by atoms with Crippen LogP contribution in [0.5, 0.6) is 11.5 Å². The minimum atomic E-state index is -0.0839. The smallest absolute Gasteiger partial charge is 0.132 e. The van der Waals surface area contributed by atoms with E-state index in [1.165, 1.54) is 32.2 Å². The van der Waals surface area contributed by atoms with Gasteiger partial charge in [-0.15, -0.1) is 0 Å². The van der Waals surface area contributed by atoms with E-state index < -0.39 is 0 Å². The van der Waals surface area contributed by atoms with E-state index in [9.17, 15) is 5.11 Å². The van der Waals surface area contributed by atoms with E-state index >= 15 is 0 Å². The largest absolute Gasteiger partial charge is 0.507 e. The number of likely N-dealkylation sites (N-methyl/N-ethyl adjacent to an activating group) is 1. The molecular formula is C29H44N6O2. The number of hydrogen-bond donors (Lipinski definition) is 5. The van der Waals surface area contributed by atoms with E-state index in [0.717, 1.165) is 25.7 Å². The number of hydrogen-bond acceptors (Lipinski definition) is 7. The van der Waals surface area contributed by atoms with Crippen LogP contribution in [-0.2, 0) is 0 Å². The third kappa shape index (κ3) is 7.22. The first-order valence-corrected chi connectivity index (χ1v) is 13.1. The van der Waals surface area contributed by atoms with Crippen molar-refractivity contribution < 1.29 is 9.84 Å². The van der Waals surface area contributed by atoms with Crippen molar-refractivity contribution in [2.24, 2.45) is 10.7 Å². The molecule has 1 aliphatic carbocycles. The van der Waals surface area contributed by atoms with Gasteiger partial charge in [0.25, 0.3) is 0 Å². The molecule has 1 saturated heterocycles. The number of amidine groups is 1. The zero-order valence-electron chi connectivity index (χ0n) is 23.2. The van der Waals surface area contributed by atoms with Gasteiger partial charge in [0.15, 0.2) is 0 Å². The first-order chi connectivity index (χ1) is 17.4. The van der Waals surface area contributed by atoms with Crippen LogP contribution in [0.15, 0.2) is 35.5 Å². The summed E-state index contributed by atoms with van der Waals surface area (Å²) in [5.74, 6) is 0.592. The molecule has 1 aromatic rings. The highest BCUT2D eigenvalue weighted by Crippen LogP contribution is 2.34. The Kier molecular flexibility index (Phi) is 8.84. The summed E-state index contributed by atoms with van der Waals surface area (Å²) in [6.45, 7) is 8.76. The second-order valence-corrected chi connectivity index (χ2v) is 11.6. The maximum atomic E-state index is 10.9. The Hall–Kier alpha value is -3.13. The first-order valence-electron chi connectivity index (χ1n) is 13.1. The van der Waals surface area contributed by atoms with Crippen LogP contribution in [0.4, 0.5) is 0 Å². The second-order valence-electron chi connectivity index (χ2n) is 11.6. The zero-order valence-corrected chi connectivity index (χ0v) is 23.2. The third-order valence-corrected chi connectivity index (χ3v) is 7.34. The Morgan fingerprint density at radius 3 is 2.32 bits per heavy atom. The molecule has 0 spiro atoms. The van der Waals surface area contributed by atoms with Crippen molar-refractivity contribution >= 4 is 23.3 Å². The number of phenolic OH excluding ortho intramolecular Hbond substituents is 1. The number of benzene rings is 1. The van der Waals surface area contributed by atoms with Gasteiger partial charge in [0.2, 0.25) is 0 Å². The van der Waals surface area contributed by atoms with Crippen molar-refractivity contribution in [3.05, 3.63) is 41.6 Å². The molecule has 0 amide bonds. The third-order valence-electron chi connectivity index (χ3n) is 7.34. The van der Waals surface area contributed by atoms with Gasteiger partial charge in [-0.25, -0.2) is 0 Å². The lowest BCUT2D eigenvalue weighted by molar-refractivity contribution is 0.114. The molecule has 1 aliphatic heterocycles. The van der Waals surface area contributed by atoms with E-state index in [0.29, 0.717) is 28.8 Å². The fourth-order valence-corrected chi connectivity index (χ4v) is 5.75. The van der Waals surface area contributed by atoms with Crippen molar-refractivity contribution in [1.82, 2.24) is 10.2 Å². The maximum absolute atomic E-state index is 10.9. The molecule has 1 heterocycles. The predicted octanol–water partition coefficient (Wildman–Crippen LogP) is 4.86. The van der Waals surface area contributed by atoms with E-state index in [2.05, 4.69) is 38.0 Å². The lowest BCUT2D eigenvalue weighted by Gasteiger charge is -2.49. The molecule has 8 heteroatoms. The standard InChI is InChI=1S/C29H44N6O2/c1-28(2)15-22(16-29(3,4)34-28)35(5)26(32)12-11-23(31)27-24(36)13-19(14-25(27)37-6)20(17-30)18-33-21-9-7-8-10-21/h11-14,17-18,21-22,31-32,34,36H,7-10,15-16,30H2,1-6H3/b12-11-,20-17?,31-23?,32-26?,33-18?. The van der Waals surface area contributed by atoms with Crippen LogP contribution in [0.2, 0.25) is 0 Å². The summed E-state index contributed by atoms with van der Waals surface area (Å²) in [6.07, 6.45) is 12.8. The van der Waals surface area contributed by atoms with E-state index in [-0.39, 0.29) is 34.1 Å². The van der Waals surface area contributed by atoms with Crippen LogP contribution in [0.3, 0.4) is 0 Å².